The Kier molecular flexibility index (Phi) is 8.45. The van der Waals surface area contributed by atoms with Gasteiger partial charge in [0.2, 0.25) is 0 Å². The van der Waals surface area contributed by atoms with Gasteiger partial charge in [-0.15, -0.1) is 0 Å². The minimum absolute atomic E-state index is 0.0502. The minimum atomic E-state index is -4.60. The van der Waals surface area contributed by atoms with E-state index in [2.05, 4.69) is 5.10 Å². The third-order valence-electron chi connectivity index (χ3n) is 4.84. The van der Waals surface area contributed by atoms with Crippen molar-refractivity contribution in [3.05, 3.63) is 46.6 Å². The highest BCUT2D eigenvalue weighted by atomic mass is 19.4. The number of nitrogens with two attached hydrogens (primary N) is 1. The SMILES string of the molecule is CC\C(C)=C(C)/C(F)=C\C(=C/C(C)CC)c1cc(C(F)(F)F)nn1CC(C)(C)N. The van der Waals surface area contributed by atoms with E-state index in [-0.39, 0.29) is 18.2 Å². The molecule has 0 aliphatic heterocycles. The molecule has 7 heteroatoms. The Bertz CT molecular complexity index is 790. The topological polar surface area (TPSA) is 43.8 Å². The molecule has 0 fully saturated rings. The van der Waals surface area contributed by atoms with Gasteiger partial charge in [-0.1, -0.05) is 38.8 Å². The van der Waals surface area contributed by atoms with Crippen LogP contribution < -0.4 is 5.73 Å². The lowest BCUT2D eigenvalue weighted by molar-refractivity contribution is -0.141. The van der Waals surface area contributed by atoms with Gasteiger partial charge in [-0.05, 0) is 63.3 Å². The molecule has 1 atom stereocenters. The Morgan fingerprint density at radius 1 is 1.24 bits per heavy atom. The molecule has 1 aromatic rings. The summed E-state index contributed by atoms with van der Waals surface area (Å²) in [7, 11) is 0. The van der Waals surface area contributed by atoms with Crippen LogP contribution in [-0.4, -0.2) is 15.3 Å². The molecule has 0 bridgehead atoms. The van der Waals surface area contributed by atoms with Crippen molar-refractivity contribution in [3.8, 4) is 0 Å². The van der Waals surface area contributed by atoms with Crippen molar-refractivity contribution in [1.29, 1.82) is 0 Å². The number of hydrogen-bond acceptors (Lipinski definition) is 2. The third-order valence-corrected chi connectivity index (χ3v) is 4.84. The van der Waals surface area contributed by atoms with Crippen LogP contribution in [-0.2, 0) is 12.7 Å². The molecule has 0 radical (unpaired) electrons. The molecule has 0 aliphatic rings. The zero-order valence-corrected chi connectivity index (χ0v) is 18.4. The monoisotopic (exact) mass is 415 g/mol. The van der Waals surface area contributed by atoms with Crippen LogP contribution in [0, 0.1) is 5.92 Å². The summed E-state index contributed by atoms with van der Waals surface area (Å²) in [4.78, 5) is 0. The molecule has 29 heavy (non-hydrogen) atoms. The average molecular weight is 416 g/mol. The molecule has 1 heterocycles. The fourth-order valence-electron chi connectivity index (χ4n) is 2.64. The average Bonchev–Trinajstić information content (AvgIpc) is 3.01. The van der Waals surface area contributed by atoms with Crippen LogP contribution in [0.5, 0.6) is 0 Å². The first-order valence-corrected chi connectivity index (χ1v) is 9.89. The van der Waals surface area contributed by atoms with Crippen molar-refractivity contribution in [1.82, 2.24) is 9.78 Å². The summed E-state index contributed by atoms with van der Waals surface area (Å²) in [6.07, 6.45) is -0.0559. The van der Waals surface area contributed by atoms with Gasteiger partial charge in [-0.3, -0.25) is 4.68 Å². The van der Waals surface area contributed by atoms with Crippen molar-refractivity contribution in [2.45, 2.75) is 79.6 Å². The Morgan fingerprint density at radius 2 is 1.83 bits per heavy atom. The maximum Gasteiger partial charge on any atom is 0.435 e. The van der Waals surface area contributed by atoms with E-state index in [9.17, 15) is 17.6 Å². The second kappa shape index (κ2) is 9.74. The van der Waals surface area contributed by atoms with E-state index in [1.54, 1.807) is 26.8 Å². The van der Waals surface area contributed by atoms with Crippen molar-refractivity contribution in [2.75, 3.05) is 0 Å². The predicted octanol–water partition coefficient (Wildman–Crippen LogP) is 6.67. The smallest absolute Gasteiger partial charge is 0.324 e. The summed E-state index contributed by atoms with van der Waals surface area (Å²) in [5.74, 6) is -0.415. The summed E-state index contributed by atoms with van der Waals surface area (Å²) in [6.45, 7) is 12.8. The van der Waals surface area contributed by atoms with Crippen LogP contribution in [0.15, 0.2) is 35.2 Å². The lowest BCUT2D eigenvalue weighted by Gasteiger charge is -2.20. The molecule has 3 nitrogen and oxygen atoms in total. The Morgan fingerprint density at radius 3 is 2.28 bits per heavy atom. The van der Waals surface area contributed by atoms with Crippen LogP contribution in [0.4, 0.5) is 17.6 Å². The van der Waals surface area contributed by atoms with E-state index in [0.29, 0.717) is 17.6 Å². The fourth-order valence-corrected chi connectivity index (χ4v) is 2.64. The summed E-state index contributed by atoms with van der Waals surface area (Å²) < 4.78 is 56.1. The van der Waals surface area contributed by atoms with Crippen LogP contribution >= 0.6 is 0 Å². The highest BCUT2D eigenvalue weighted by Gasteiger charge is 2.35. The third kappa shape index (κ3) is 7.46. The van der Waals surface area contributed by atoms with Gasteiger partial charge in [-0.2, -0.15) is 18.3 Å². The van der Waals surface area contributed by atoms with E-state index in [0.717, 1.165) is 18.1 Å². The Hall–Kier alpha value is -1.89. The summed E-state index contributed by atoms with van der Waals surface area (Å²) in [6, 6.07) is 0.968. The largest absolute Gasteiger partial charge is 0.435 e. The standard InChI is InChI=1S/C22H33F4N3/c1-8-14(3)10-17(11-18(23)16(5)15(4)9-2)19-12-20(22(24,25)26)28-29(19)13-21(6,7)27/h10-12,14H,8-9,13,27H2,1-7H3/b16-15-,17-10+,18-11+. The Balaban J connectivity index is 3.69. The van der Waals surface area contributed by atoms with Crippen molar-refractivity contribution >= 4 is 5.57 Å². The highest BCUT2D eigenvalue weighted by Crippen LogP contribution is 2.33. The van der Waals surface area contributed by atoms with E-state index in [4.69, 9.17) is 5.73 Å². The lowest BCUT2D eigenvalue weighted by atomic mass is 9.99. The molecule has 0 aliphatic carbocycles. The zero-order chi connectivity index (χ0) is 22.6. The summed E-state index contributed by atoms with van der Waals surface area (Å²) in [5.41, 5.74) is 6.17. The normalized spacial score (nSPS) is 16.1. The molecule has 0 spiro atoms. The van der Waals surface area contributed by atoms with Gasteiger partial charge in [0, 0.05) is 5.54 Å². The van der Waals surface area contributed by atoms with Gasteiger partial charge in [-0.25, -0.2) is 4.39 Å². The summed E-state index contributed by atoms with van der Waals surface area (Å²) in [5, 5.41) is 3.73. The van der Waals surface area contributed by atoms with E-state index in [1.807, 2.05) is 27.7 Å². The zero-order valence-electron chi connectivity index (χ0n) is 18.4. The van der Waals surface area contributed by atoms with Crippen LogP contribution in [0.2, 0.25) is 0 Å². The molecule has 2 N–H and O–H groups in total. The molecule has 0 amide bonds. The van der Waals surface area contributed by atoms with Gasteiger partial charge in [0.15, 0.2) is 5.69 Å². The van der Waals surface area contributed by atoms with Crippen LogP contribution in [0.25, 0.3) is 5.57 Å². The van der Waals surface area contributed by atoms with Crippen LogP contribution in [0.3, 0.4) is 0 Å². The fraction of sp³-hybridized carbons (Fsp3) is 0.591. The molecule has 1 aromatic heterocycles. The van der Waals surface area contributed by atoms with E-state index in [1.165, 1.54) is 10.8 Å². The summed E-state index contributed by atoms with van der Waals surface area (Å²) >= 11 is 0. The second-order valence-corrected chi connectivity index (χ2v) is 8.32. The number of halogens is 4. The molecule has 0 saturated heterocycles. The maximum atomic E-state index is 14.9. The van der Waals surface area contributed by atoms with Crippen molar-refractivity contribution in [3.63, 3.8) is 0 Å². The molecule has 0 aromatic carbocycles. The number of alkyl halides is 3. The van der Waals surface area contributed by atoms with Gasteiger partial charge < -0.3 is 5.73 Å². The molecular formula is C22H33F4N3. The first-order chi connectivity index (χ1) is 13.2. The lowest BCUT2D eigenvalue weighted by Crippen LogP contribution is -2.38. The molecule has 164 valence electrons. The molecular weight excluding hydrogens is 382 g/mol. The van der Waals surface area contributed by atoms with E-state index >= 15 is 0 Å². The molecule has 1 unspecified atom stereocenters. The van der Waals surface area contributed by atoms with Gasteiger partial charge in [0.1, 0.15) is 5.83 Å². The van der Waals surface area contributed by atoms with Gasteiger partial charge >= 0.3 is 6.18 Å². The molecule has 1 rings (SSSR count). The number of nitrogens with zero attached hydrogens (tertiary/aromatic N) is 2. The molecule has 0 saturated carbocycles. The number of hydrogen-bond donors (Lipinski definition) is 1. The number of allylic oxidation sites excluding steroid dienone is 6. The Labute approximate surface area is 171 Å². The maximum absolute atomic E-state index is 14.9. The van der Waals surface area contributed by atoms with Gasteiger partial charge in [0.05, 0.1) is 12.2 Å². The van der Waals surface area contributed by atoms with Crippen LogP contribution in [0.1, 0.15) is 72.7 Å². The predicted molar refractivity (Wildman–Crippen MR) is 111 cm³/mol. The van der Waals surface area contributed by atoms with Crippen molar-refractivity contribution in [2.24, 2.45) is 11.7 Å². The quantitative estimate of drug-likeness (QED) is 0.381. The minimum Gasteiger partial charge on any atom is -0.324 e. The highest BCUT2D eigenvalue weighted by molar-refractivity contribution is 5.74. The van der Waals surface area contributed by atoms with Crippen molar-refractivity contribution < 1.29 is 17.6 Å². The number of aromatic nitrogens is 2. The second-order valence-electron chi connectivity index (χ2n) is 8.32. The first kappa shape index (κ1) is 25.1. The van der Waals surface area contributed by atoms with Gasteiger partial charge in [0.25, 0.3) is 0 Å². The number of rotatable bonds is 8. The first-order valence-electron chi connectivity index (χ1n) is 9.89. The van der Waals surface area contributed by atoms with E-state index < -0.39 is 23.2 Å².